The van der Waals surface area contributed by atoms with E-state index in [1.54, 1.807) is 30.3 Å². The summed E-state index contributed by atoms with van der Waals surface area (Å²) in [5.41, 5.74) is 1.13. The number of carbonyl (C=O) groups is 4. The van der Waals surface area contributed by atoms with Crippen LogP contribution in [0.25, 0.3) is 0 Å². The van der Waals surface area contributed by atoms with E-state index in [9.17, 15) is 32.3 Å². The van der Waals surface area contributed by atoms with Crippen molar-refractivity contribution in [3.8, 4) is 5.75 Å². The Bertz CT molecular complexity index is 1280. The lowest BCUT2D eigenvalue weighted by Crippen LogP contribution is -2.50. The Balaban J connectivity index is 0.00000190. The summed E-state index contributed by atoms with van der Waals surface area (Å²) in [7, 11) is 0. The SMILES string of the molecule is O=C(CN1C(=O)C(CC(F)(F)F)Oc2ccccc21)Nc1ccc2c(c1)CC1(C2)NC(=O)NC1=O.[HH].[HH]. The molecule has 2 unspecified atom stereocenters. The van der Waals surface area contributed by atoms with Gasteiger partial charge < -0.3 is 15.4 Å². The van der Waals surface area contributed by atoms with Gasteiger partial charge in [0.1, 0.15) is 17.8 Å². The number of alkyl halides is 3. The molecule has 3 N–H and O–H groups in total. The van der Waals surface area contributed by atoms with Crippen LogP contribution in [0.1, 0.15) is 20.4 Å². The number of ether oxygens (including phenoxy) is 1. The van der Waals surface area contributed by atoms with Crippen LogP contribution in [0, 0.1) is 0 Å². The van der Waals surface area contributed by atoms with Gasteiger partial charge in [-0.15, -0.1) is 0 Å². The van der Waals surface area contributed by atoms with Gasteiger partial charge in [-0.2, -0.15) is 13.2 Å². The highest BCUT2D eigenvalue weighted by Gasteiger charge is 2.50. The molecule has 2 aliphatic heterocycles. The molecular weight excluding hydrogens is 469 g/mol. The third-order valence-electron chi connectivity index (χ3n) is 6.17. The molecule has 9 nitrogen and oxygen atoms in total. The molecule has 2 atom stereocenters. The fourth-order valence-corrected chi connectivity index (χ4v) is 4.65. The van der Waals surface area contributed by atoms with E-state index < -0.39 is 54.5 Å². The minimum Gasteiger partial charge on any atom is -0.478 e. The zero-order chi connectivity index (χ0) is 25.0. The lowest BCUT2D eigenvalue weighted by Gasteiger charge is -2.34. The predicted octanol–water partition coefficient (Wildman–Crippen LogP) is 2.54. The number of nitrogens with one attached hydrogen (secondary N) is 3. The molecule has 2 aromatic carbocycles. The number of benzene rings is 2. The first kappa shape index (κ1) is 22.7. The fraction of sp³-hybridized carbons (Fsp3) is 0.304. The first-order chi connectivity index (χ1) is 16.5. The zero-order valence-corrected chi connectivity index (χ0v) is 18.1. The van der Waals surface area contributed by atoms with Crippen LogP contribution in [0.15, 0.2) is 42.5 Å². The smallest absolute Gasteiger partial charge is 0.393 e. The van der Waals surface area contributed by atoms with E-state index in [0.717, 1.165) is 16.0 Å². The van der Waals surface area contributed by atoms with Crippen LogP contribution in [-0.2, 0) is 27.2 Å². The molecule has 12 heteroatoms. The number of fused-ring (bicyclic) bond motifs is 2. The van der Waals surface area contributed by atoms with Gasteiger partial charge in [0, 0.05) is 21.4 Å². The van der Waals surface area contributed by atoms with E-state index in [1.165, 1.54) is 12.1 Å². The number of hydrogen-bond acceptors (Lipinski definition) is 5. The Hall–Kier alpha value is -4.09. The van der Waals surface area contributed by atoms with Crippen LogP contribution in [0.2, 0.25) is 0 Å². The quantitative estimate of drug-likeness (QED) is 0.568. The summed E-state index contributed by atoms with van der Waals surface area (Å²) in [6.07, 6.45) is -7.33. The van der Waals surface area contributed by atoms with E-state index in [4.69, 9.17) is 4.74 Å². The summed E-state index contributed by atoms with van der Waals surface area (Å²) < 4.78 is 44.1. The van der Waals surface area contributed by atoms with Gasteiger partial charge in [0.25, 0.3) is 11.8 Å². The van der Waals surface area contributed by atoms with Crippen molar-refractivity contribution in [3.05, 3.63) is 53.6 Å². The fourth-order valence-electron chi connectivity index (χ4n) is 4.65. The molecule has 1 aliphatic carbocycles. The molecule has 3 aliphatic rings. The lowest BCUT2D eigenvalue weighted by atomic mass is 9.96. The van der Waals surface area contributed by atoms with Gasteiger partial charge in [0.15, 0.2) is 6.10 Å². The van der Waals surface area contributed by atoms with E-state index in [-0.39, 0.29) is 20.7 Å². The number of anilines is 2. The minimum absolute atomic E-state index is 0. The number of halogens is 3. The number of urea groups is 1. The van der Waals surface area contributed by atoms with E-state index >= 15 is 0 Å². The molecule has 1 fully saturated rings. The number of nitrogens with zero attached hydrogens (tertiary/aromatic N) is 1. The molecule has 1 saturated heterocycles. The Kier molecular flexibility index (Phi) is 5.18. The molecule has 0 saturated carbocycles. The molecule has 186 valence electrons. The molecule has 5 rings (SSSR count). The number of imide groups is 1. The Morgan fingerprint density at radius 2 is 1.89 bits per heavy atom. The largest absolute Gasteiger partial charge is 0.478 e. The van der Waals surface area contributed by atoms with Crippen molar-refractivity contribution in [1.29, 1.82) is 0 Å². The van der Waals surface area contributed by atoms with Gasteiger partial charge in [-0.25, -0.2) is 4.79 Å². The maximum absolute atomic E-state index is 13.0. The first-order valence-electron chi connectivity index (χ1n) is 10.7. The second kappa shape index (κ2) is 8.00. The molecule has 35 heavy (non-hydrogen) atoms. The number of amides is 5. The van der Waals surface area contributed by atoms with Crippen LogP contribution in [0.3, 0.4) is 0 Å². The van der Waals surface area contributed by atoms with Crippen LogP contribution in [0.4, 0.5) is 29.3 Å². The third kappa shape index (κ3) is 4.27. The summed E-state index contributed by atoms with van der Waals surface area (Å²) in [5.74, 6) is -1.92. The molecule has 2 heterocycles. The molecule has 5 amide bonds. The van der Waals surface area contributed by atoms with Crippen molar-refractivity contribution in [1.82, 2.24) is 10.6 Å². The lowest BCUT2D eigenvalue weighted by molar-refractivity contribution is -0.160. The number of carbonyl (C=O) groups excluding carboxylic acids is 4. The molecule has 0 aromatic heterocycles. The summed E-state index contributed by atoms with van der Waals surface area (Å²) in [4.78, 5) is 50.3. The van der Waals surface area contributed by atoms with Crippen molar-refractivity contribution in [2.24, 2.45) is 0 Å². The average molecular weight is 492 g/mol. The Morgan fingerprint density at radius 3 is 2.60 bits per heavy atom. The highest BCUT2D eigenvalue weighted by molar-refractivity contribution is 6.08. The van der Waals surface area contributed by atoms with Crippen LogP contribution in [0.5, 0.6) is 5.75 Å². The minimum atomic E-state index is -4.63. The number of hydrogen-bond donors (Lipinski definition) is 3. The van der Waals surface area contributed by atoms with Crippen molar-refractivity contribution in [2.75, 3.05) is 16.8 Å². The van der Waals surface area contributed by atoms with Crippen molar-refractivity contribution < 1.29 is 39.9 Å². The molecule has 2 aromatic rings. The van der Waals surface area contributed by atoms with Gasteiger partial charge in [0.05, 0.1) is 12.1 Å². The highest BCUT2D eigenvalue weighted by Crippen LogP contribution is 2.37. The normalized spacial score (nSPS) is 22.9. The van der Waals surface area contributed by atoms with E-state index in [0.29, 0.717) is 12.1 Å². The molecular formula is C23H23F3N4O5. The summed E-state index contributed by atoms with van der Waals surface area (Å²) >= 11 is 0. The highest BCUT2D eigenvalue weighted by atomic mass is 19.4. The topological polar surface area (TPSA) is 117 Å². The monoisotopic (exact) mass is 492 g/mol. The Labute approximate surface area is 199 Å². The third-order valence-corrected chi connectivity index (χ3v) is 6.17. The van der Waals surface area contributed by atoms with Crippen LogP contribution < -0.4 is 25.6 Å². The van der Waals surface area contributed by atoms with Gasteiger partial charge in [0.2, 0.25) is 5.91 Å². The summed E-state index contributed by atoms with van der Waals surface area (Å²) in [6.45, 7) is -0.521. The molecule has 0 radical (unpaired) electrons. The molecule has 1 spiro atoms. The van der Waals surface area contributed by atoms with Crippen molar-refractivity contribution >= 4 is 35.1 Å². The van der Waals surface area contributed by atoms with Crippen molar-refractivity contribution in [3.63, 3.8) is 0 Å². The number of rotatable bonds is 4. The van der Waals surface area contributed by atoms with Gasteiger partial charge in [-0.05, 0) is 35.4 Å². The number of para-hydroxylation sites is 2. The second-order valence-corrected chi connectivity index (χ2v) is 8.69. The summed E-state index contributed by atoms with van der Waals surface area (Å²) in [6, 6.07) is 10.5. The van der Waals surface area contributed by atoms with E-state index in [1.807, 2.05) is 0 Å². The van der Waals surface area contributed by atoms with Gasteiger partial charge in [-0.1, -0.05) is 18.2 Å². The van der Waals surface area contributed by atoms with Gasteiger partial charge >= 0.3 is 12.2 Å². The average Bonchev–Trinajstić information content (AvgIpc) is 3.27. The maximum Gasteiger partial charge on any atom is 0.393 e. The summed E-state index contributed by atoms with van der Waals surface area (Å²) in [5, 5.41) is 7.53. The zero-order valence-electron chi connectivity index (χ0n) is 18.1. The molecule has 0 bridgehead atoms. The van der Waals surface area contributed by atoms with Gasteiger partial charge in [-0.3, -0.25) is 24.6 Å². The van der Waals surface area contributed by atoms with E-state index in [2.05, 4.69) is 16.0 Å². The maximum atomic E-state index is 13.0. The first-order valence-corrected chi connectivity index (χ1v) is 10.7. The van der Waals surface area contributed by atoms with Crippen LogP contribution in [-0.4, -0.2) is 48.1 Å². The second-order valence-electron chi connectivity index (χ2n) is 8.69. The predicted molar refractivity (Wildman–Crippen MR) is 120 cm³/mol. The Morgan fingerprint density at radius 1 is 1.14 bits per heavy atom. The standard InChI is InChI=1S/C23H19F3N4O5.2H2/c24-23(25,26)10-17-19(32)30(15-3-1-2-4-16(15)35-17)11-18(31)27-14-6-5-12-8-22(9-13(12)7-14)20(33)28-21(34)29-22;;/h1-7,17H,8-11H2,(H,27,31)(H2,28,29,33,34);2*1H. The van der Waals surface area contributed by atoms with Crippen LogP contribution >= 0.6 is 0 Å². The van der Waals surface area contributed by atoms with Crippen molar-refractivity contribution in [2.45, 2.75) is 37.1 Å².